The van der Waals surface area contributed by atoms with Crippen LogP contribution in [0.15, 0.2) is 24.3 Å². The second-order valence-electron chi connectivity index (χ2n) is 5.21. The molecule has 2 rings (SSSR count). The summed E-state index contributed by atoms with van der Waals surface area (Å²) in [5.41, 5.74) is 1.11. The van der Waals surface area contributed by atoms with Gasteiger partial charge < -0.3 is 20.3 Å². The standard InChI is InChI=1S/C16H23N3O3.ClH/c1-17-8-4-7-15(20)18-14-6-3-2-5-13(14)16(21)19-9-11-22-12-10-19;/h2-3,5-6,17H,4,7-12H2,1H3,(H,18,20);1H. The molecule has 7 heteroatoms. The minimum atomic E-state index is -0.0718. The molecule has 1 aliphatic rings. The number of para-hydroxylation sites is 1. The molecule has 0 unspecified atom stereocenters. The summed E-state index contributed by atoms with van der Waals surface area (Å²) >= 11 is 0. The Morgan fingerprint density at radius 3 is 2.61 bits per heavy atom. The van der Waals surface area contributed by atoms with Crippen molar-refractivity contribution in [2.45, 2.75) is 12.8 Å². The van der Waals surface area contributed by atoms with Crippen molar-refractivity contribution in [2.75, 3.05) is 45.2 Å². The normalized spacial score (nSPS) is 14.0. The molecule has 1 aliphatic heterocycles. The predicted molar refractivity (Wildman–Crippen MR) is 92.2 cm³/mol. The largest absolute Gasteiger partial charge is 0.378 e. The van der Waals surface area contributed by atoms with Crippen molar-refractivity contribution in [3.8, 4) is 0 Å². The van der Waals surface area contributed by atoms with Gasteiger partial charge in [0, 0.05) is 19.5 Å². The first-order valence-corrected chi connectivity index (χ1v) is 7.63. The molecule has 1 aromatic carbocycles. The molecule has 2 N–H and O–H groups in total. The van der Waals surface area contributed by atoms with Crippen LogP contribution < -0.4 is 10.6 Å². The van der Waals surface area contributed by atoms with Gasteiger partial charge in [0.2, 0.25) is 5.91 Å². The van der Waals surface area contributed by atoms with Gasteiger partial charge in [-0.05, 0) is 32.1 Å². The maximum Gasteiger partial charge on any atom is 0.256 e. The number of halogens is 1. The molecule has 0 saturated carbocycles. The molecule has 0 radical (unpaired) electrons. The zero-order valence-corrected chi connectivity index (χ0v) is 14.2. The Morgan fingerprint density at radius 1 is 1.22 bits per heavy atom. The average Bonchev–Trinajstić information content (AvgIpc) is 2.56. The molecule has 1 fully saturated rings. The van der Waals surface area contributed by atoms with Crippen molar-refractivity contribution in [2.24, 2.45) is 0 Å². The topological polar surface area (TPSA) is 70.7 Å². The highest BCUT2D eigenvalue weighted by Gasteiger charge is 2.21. The second-order valence-corrected chi connectivity index (χ2v) is 5.21. The first-order valence-electron chi connectivity index (χ1n) is 7.63. The summed E-state index contributed by atoms with van der Waals surface area (Å²) in [4.78, 5) is 26.3. The van der Waals surface area contributed by atoms with Crippen LogP contribution in [0, 0.1) is 0 Å². The van der Waals surface area contributed by atoms with Gasteiger partial charge in [-0.25, -0.2) is 0 Å². The van der Waals surface area contributed by atoms with E-state index in [9.17, 15) is 9.59 Å². The lowest BCUT2D eigenvalue weighted by atomic mass is 10.1. The van der Waals surface area contributed by atoms with Gasteiger partial charge in [0.05, 0.1) is 24.5 Å². The molecule has 1 saturated heterocycles. The molecule has 0 spiro atoms. The van der Waals surface area contributed by atoms with E-state index in [0.717, 1.165) is 13.0 Å². The predicted octanol–water partition coefficient (Wildman–Crippen LogP) is 1.52. The number of carbonyl (C=O) groups is 2. The fourth-order valence-electron chi connectivity index (χ4n) is 2.35. The van der Waals surface area contributed by atoms with Crippen molar-refractivity contribution in [3.63, 3.8) is 0 Å². The maximum atomic E-state index is 12.6. The Labute approximate surface area is 143 Å². The highest BCUT2D eigenvalue weighted by Crippen LogP contribution is 2.18. The number of rotatable bonds is 6. The van der Waals surface area contributed by atoms with Crippen LogP contribution in [0.1, 0.15) is 23.2 Å². The van der Waals surface area contributed by atoms with Gasteiger partial charge in [-0.15, -0.1) is 12.4 Å². The van der Waals surface area contributed by atoms with Crippen molar-refractivity contribution < 1.29 is 14.3 Å². The van der Waals surface area contributed by atoms with Crippen molar-refractivity contribution in [1.82, 2.24) is 10.2 Å². The van der Waals surface area contributed by atoms with E-state index >= 15 is 0 Å². The maximum absolute atomic E-state index is 12.6. The minimum Gasteiger partial charge on any atom is -0.378 e. The van der Waals surface area contributed by atoms with E-state index in [1.165, 1.54) is 0 Å². The van der Waals surface area contributed by atoms with E-state index in [0.29, 0.717) is 44.0 Å². The number of anilines is 1. The van der Waals surface area contributed by atoms with Crippen LogP contribution in [0.4, 0.5) is 5.69 Å². The monoisotopic (exact) mass is 341 g/mol. The third-order valence-corrected chi connectivity index (χ3v) is 3.56. The van der Waals surface area contributed by atoms with Crippen molar-refractivity contribution in [3.05, 3.63) is 29.8 Å². The Morgan fingerprint density at radius 2 is 1.91 bits per heavy atom. The lowest BCUT2D eigenvalue weighted by Crippen LogP contribution is -2.41. The van der Waals surface area contributed by atoms with Gasteiger partial charge in [0.15, 0.2) is 0 Å². The van der Waals surface area contributed by atoms with Crippen LogP contribution in [-0.4, -0.2) is 56.6 Å². The van der Waals surface area contributed by atoms with Crippen molar-refractivity contribution in [1.29, 1.82) is 0 Å². The van der Waals surface area contributed by atoms with E-state index < -0.39 is 0 Å². The highest BCUT2D eigenvalue weighted by molar-refractivity contribution is 6.03. The fourth-order valence-corrected chi connectivity index (χ4v) is 2.35. The van der Waals surface area contributed by atoms with Crippen LogP contribution in [-0.2, 0) is 9.53 Å². The molecule has 23 heavy (non-hydrogen) atoms. The zero-order chi connectivity index (χ0) is 15.8. The number of hydrogen-bond donors (Lipinski definition) is 2. The molecule has 0 aliphatic carbocycles. The zero-order valence-electron chi connectivity index (χ0n) is 13.3. The Bertz CT molecular complexity index is 519. The molecule has 1 aromatic rings. The van der Waals surface area contributed by atoms with Gasteiger partial charge in [-0.3, -0.25) is 9.59 Å². The second kappa shape index (κ2) is 10.2. The van der Waals surface area contributed by atoms with Crippen LogP contribution >= 0.6 is 12.4 Å². The molecule has 1 heterocycles. The van der Waals surface area contributed by atoms with Crippen LogP contribution in [0.2, 0.25) is 0 Å². The molecular weight excluding hydrogens is 318 g/mol. The summed E-state index contributed by atoms with van der Waals surface area (Å²) in [6.07, 6.45) is 1.20. The quantitative estimate of drug-likeness (QED) is 0.770. The Hall–Kier alpha value is -1.63. The Kier molecular flexibility index (Phi) is 8.61. The molecular formula is C16H24ClN3O3. The van der Waals surface area contributed by atoms with E-state index in [1.54, 1.807) is 17.0 Å². The van der Waals surface area contributed by atoms with Crippen LogP contribution in [0.5, 0.6) is 0 Å². The molecule has 2 amide bonds. The van der Waals surface area contributed by atoms with Crippen LogP contribution in [0.25, 0.3) is 0 Å². The number of hydrogen-bond acceptors (Lipinski definition) is 4. The number of carbonyl (C=O) groups excluding carboxylic acids is 2. The van der Waals surface area contributed by atoms with Gasteiger partial charge in [-0.1, -0.05) is 12.1 Å². The average molecular weight is 342 g/mol. The molecule has 0 bridgehead atoms. The number of ether oxygens (including phenoxy) is 1. The molecule has 0 atom stereocenters. The van der Waals surface area contributed by atoms with Crippen molar-refractivity contribution >= 4 is 29.9 Å². The summed E-state index contributed by atoms with van der Waals surface area (Å²) in [6.45, 7) is 3.09. The fraction of sp³-hybridized carbons (Fsp3) is 0.500. The smallest absolute Gasteiger partial charge is 0.256 e. The van der Waals surface area contributed by atoms with E-state index in [4.69, 9.17) is 4.74 Å². The molecule has 6 nitrogen and oxygen atoms in total. The first-order chi connectivity index (χ1) is 10.7. The molecule has 0 aromatic heterocycles. The number of benzene rings is 1. The summed E-state index contributed by atoms with van der Waals surface area (Å²) in [7, 11) is 1.86. The minimum absolute atomic E-state index is 0. The highest BCUT2D eigenvalue weighted by atomic mass is 35.5. The van der Waals surface area contributed by atoms with Gasteiger partial charge in [0.1, 0.15) is 0 Å². The third-order valence-electron chi connectivity index (χ3n) is 3.56. The van der Waals surface area contributed by atoms with E-state index in [-0.39, 0.29) is 24.2 Å². The summed E-state index contributed by atoms with van der Waals surface area (Å²) in [5, 5.41) is 5.85. The molecule has 128 valence electrons. The van der Waals surface area contributed by atoms with Gasteiger partial charge >= 0.3 is 0 Å². The van der Waals surface area contributed by atoms with E-state index in [1.807, 2.05) is 19.2 Å². The van der Waals surface area contributed by atoms with Gasteiger partial charge in [0.25, 0.3) is 5.91 Å². The van der Waals surface area contributed by atoms with Gasteiger partial charge in [-0.2, -0.15) is 0 Å². The lowest BCUT2D eigenvalue weighted by molar-refractivity contribution is -0.116. The van der Waals surface area contributed by atoms with E-state index in [2.05, 4.69) is 10.6 Å². The number of morpholine rings is 1. The summed E-state index contributed by atoms with van der Waals surface area (Å²) in [6, 6.07) is 7.15. The summed E-state index contributed by atoms with van der Waals surface area (Å²) < 4.78 is 5.27. The van der Waals surface area contributed by atoms with Crippen LogP contribution in [0.3, 0.4) is 0 Å². The summed E-state index contributed by atoms with van der Waals surface area (Å²) in [5.74, 6) is -0.132. The number of nitrogens with one attached hydrogen (secondary N) is 2. The Balaban J connectivity index is 0.00000264. The lowest BCUT2D eigenvalue weighted by Gasteiger charge is -2.27. The third kappa shape index (κ3) is 5.82. The first kappa shape index (κ1) is 19.4. The SMILES string of the molecule is CNCCCC(=O)Nc1ccccc1C(=O)N1CCOCC1.Cl. The number of amides is 2. The number of nitrogens with zero attached hydrogens (tertiary/aromatic N) is 1.